The molecular weight excluding hydrogens is 163 g/mol. The van der Waals surface area contributed by atoms with Crippen molar-refractivity contribution < 1.29 is 33.9 Å². The van der Waals surface area contributed by atoms with Crippen LogP contribution in [0.4, 0.5) is 4.39 Å². The van der Waals surface area contributed by atoms with Crippen LogP contribution in [0.15, 0.2) is 28.8 Å². The molecule has 0 unspecified atom stereocenters. The van der Waals surface area contributed by atoms with Gasteiger partial charge in [0.1, 0.15) is 7.85 Å². The van der Waals surface area contributed by atoms with Gasteiger partial charge in [-0.3, -0.25) is 0 Å². The van der Waals surface area contributed by atoms with E-state index in [9.17, 15) is 4.39 Å². The summed E-state index contributed by atoms with van der Waals surface area (Å²) in [5.41, 5.74) is 0.422. The summed E-state index contributed by atoms with van der Waals surface area (Å²) in [7, 11) is 5.38. The van der Waals surface area contributed by atoms with E-state index in [-0.39, 0.29) is 29.6 Å². The van der Waals surface area contributed by atoms with Gasteiger partial charge >= 0.3 is 29.6 Å². The summed E-state index contributed by atoms with van der Waals surface area (Å²) in [6, 6.07) is 0. The van der Waals surface area contributed by atoms with Crippen LogP contribution in [0.2, 0.25) is 0 Å². The zero-order valence-corrected chi connectivity index (χ0v) is 9.55. The van der Waals surface area contributed by atoms with E-state index in [0.717, 1.165) is 0 Å². The molecule has 1 nitrogen and oxygen atoms in total. The first-order chi connectivity index (χ1) is 5.16. The van der Waals surface area contributed by atoms with Gasteiger partial charge in [0.15, 0.2) is 5.97 Å². The van der Waals surface area contributed by atoms with Gasteiger partial charge < -0.3 is 6.92 Å². The van der Waals surface area contributed by atoms with Gasteiger partial charge in [-0.25, -0.2) is 4.99 Å². The van der Waals surface area contributed by atoms with E-state index in [1.54, 1.807) is 12.2 Å². The fourth-order valence-electron chi connectivity index (χ4n) is 0.426. The number of nitrogens with zero attached hydrogens (tertiary/aromatic N) is 1. The minimum atomic E-state index is -0.504. The Morgan fingerprint density at radius 3 is 2.67 bits per heavy atom. The number of aliphatic imine (C=N–C) groups is 1. The number of halogens is 1. The zero-order valence-electron chi connectivity index (χ0n) is 7.55. The molecular formula is C8H10BFNNa. The summed E-state index contributed by atoms with van der Waals surface area (Å²) < 4.78 is 12.0. The first kappa shape index (κ1) is 14.7. The second-order valence-electron chi connectivity index (χ2n) is 1.95. The molecule has 0 aliphatic heterocycles. The van der Waals surface area contributed by atoms with Crippen LogP contribution in [-0.2, 0) is 0 Å². The van der Waals surface area contributed by atoms with Gasteiger partial charge in [0.2, 0.25) is 0 Å². The molecule has 0 heterocycles. The molecule has 0 aliphatic carbocycles. The van der Waals surface area contributed by atoms with Crippen molar-refractivity contribution in [3.8, 4) is 0 Å². The summed E-state index contributed by atoms with van der Waals surface area (Å²) in [6.07, 6.45) is 5.34. The Bertz CT molecular complexity index is 195. The SMILES string of the molecule is [B]C(=C/N=C(C)F)/C=C/C[CH2-].[Na+]. The summed E-state index contributed by atoms with van der Waals surface area (Å²) >= 11 is 0. The molecule has 4 heteroatoms. The monoisotopic (exact) mass is 173 g/mol. The van der Waals surface area contributed by atoms with Gasteiger partial charge in [0, 0.05) is 13.1 Å². The van der Waals surface area contributed by atoms with E-state index in [2.05, 4.69) is 11.9 Å². The standard InChI is InChI=1S/C8H10BFN.Na/c1-3-4-5-8(9)6-11-7(2)10;/h4-6H,1,3H2,2H3;/q-1;+1/b5-4+,8-6+,11-7?;. The van der Waals surface area contributed by atoms with E-state index in [0.29, 0.717) is 11.9 Å². The minimum Gasteiger partial charge on any atom is -0.340 e. The first-order valence-corrected chi connectivity index (χ1v) is 3.28. The summed E-state index contributed by atoms with van der Waals surface area (Å²) in [5, 5.41) is 0. The third kappa shape index (κ3) is 10.1. The summed E-state index contributed by atoms with van der Waals surface area (Å²) in [5.74, 6) is -0.504. The topological polar surface area (TPSA) is 12.4 Å². The Balaban J connectivity index is 0. The van der Waals surface area contributed by atoms with Gasteiger partial charge in [0.25, 0.3) is 0 Å². The average Bonchev–Trinajstić information content (AvgIpc) is 1.97. The van der Waals surface area contributed by atoms with Crippen LogP contribution in [0.25, 0.3) is 0 Å². The molecule has 0 rings (SSSR count). The van der Waals surface area contributed by atoms with E-state index in [4.69, 9.17) is 7.85 Å². The maximum absolute atomic E-state index is 12.0. The Morgan fingerprint density at radius 2 is 2.25 bits per heavy atom. The molecule has 0 aromatic rings. The molecule has 0 fully saturated rings. The quantitative estimate of drug-likeness (QED) is 0.228. The molecule has 0 aromatic heterocycles. The molecule has 0 saturated heterocycles. The molecule has 0 aliphatic rings. The average molecular weight is 173 g/mol. The molecule has 12 heavy (non-hydrogen) atoms. The van der Waals surface area contributed by atoms with Crippen LogP contribution in [0.5, 0.6) is 0 Å². The number of rotatable bonds is 3. The maximum Gasteiger partial charge on any atom is 1.00 e. The fourth-order valence-corrected chi connectivity index (χ4v) is 0.426. The van der Waals surface area contributed by atoms with Crippen molar-refractivity contribution in [1.29, 1.82) is 0 Å². The smallest absolute Gasteiger partial charge is 0.340 e. The Hall–Kier alpha value is 0.145. The Kier molecular flexibility index (Phi) is 11.3. The molecule has 0 saturated carbocycles. The van der Waals surface area contributed by atoms with E-state index < -0.39 is 5.97 Å². The third-order valence-corrected chi connectivity index (χ3v) is 0.868. The van der Waals surface area contributed by atoms with Crippen LogP contribution in [0.3, 0.4) is 0 Å². The largest absolute Gasteiger partial charge is 1.00 e. The minimum absolute atomic E-state index is 0. The predicted molar refractivity (Wildman–Crippen MR) is 47.2 cm³/mol. The van der Waals surface area contributed by atoms with Gasteiger partial charge in [-0.05, 0) is 0 Å². The van der Waals surface area contributed by atoms with Crippen LogP contribution in [0, 0.1) is 6.92 Å². The third-order valence-electron chi connectivity index (χ3n) is 0.868. The van der Waals surface area contributed by atoms with E-state index in [1.807, 2.05) is 0 Å². The zero-order chi connectivity index (χ0) is 8.69. The van der Waals surface area contributed by atoms with Crippen molar-refractivity contribution in [3.05, 3.63) is 30.7 Å². The van der Waals surface area contributed by atoms with Crippen LogP contribution in [0.1, 0.15) is 13.3 Å². The van der Waals surface area contributed by atoms with Crippen LogP contribution < -0.4 is 29.6 Å². The molecule has 0 aromatic carbocycles. The number of hydrogen-bond donors (Lipinski definition) is 0. The van der Waals surface area contributed by atoms with Crippen molar-refractivity contribution in [1.82, 2.24) is 0 Å². The van der Waals surface area contributed by atoms with Gasteiger partial charge in [-0.15, -0.1) is 6.08 Å². The van der Waals surface area contributed by atoms with Crippen molar-refractivity contribution in [3.63, 3.8) is 0 Å². The normalized spacial score (nSPS) is 13.2. The Morgan fingerprint density at radius 1 is 1.67 bits per heavy atom. The summed E-state index contributed by atoms with van der Waals surface area (Å²) in [6.45, 7) is 4.83. The first-order valence-electron chi connectivity index (χ1n) is 3.28. The van der Waals surface area contributed by atoms with Crippen molar-refractivity contribution >= 4 is 13.8 Å². The van der Waals surface area contributed by atoms with Crippen molar-refractivity contribution in [2.45, 2.75) is 13.3 Å². The van der Waals surface area contributed by atoms with Crippen molar-refractivity contribution in [2.24, 2.45) is 4.99 Å². The van der Waals surface area contributed by atoms with Crippen LogP contribution in [-0.4, -0.2) is 13.8 Å². The molecule has 0 atom stereocenters. The second kappa shape index (κ2) is 9.23. The molecule has 0 spiro atoms. The van der Waals surface area contributed by atoms with E-state index >= 15 is 0 Å². The van der Waals surface area contributed by atoms with Crippen molar-refractivity contribution in [2.75, 3.05) is 0 Å². The molecule has 58 valence electrons. The molecule has 0 bridgehead atoms. The molecule has 0 N–H and O–H groups in total. The fraction of sp³-hybridized carbons (Fsp3) is 0.250. The van der Waals surface area contributed by atoms with Gasteiger partial charge in [-0.1, -0.05) is 11.5 Å². The van der Waals surface area contributed by atoms with Crippen LogP contribution >= 0.6 is 0 Å². The predicted octanol–water partition coefficient (Wildman–Crippen LogP) is -0.831. The number of hydrogen-bond acceptors (Lipinski definition) is 1. The summed E-state index contributed by atoms with van der Waals surface area (Å²) in [4.78, 5) is 3.37. The molecule has 0 amide bonds. The molecule has 2 radical (unpaired) electrons. The Labute approximate surface area is 96.5 Å². The van der Waals surface area contributed by atoms with Gasteiger partial charge in [0.05, 0.1) is 0 Å². The van der Waals surface area contributed by atoms with Gasteiger partial charge in [-0.2, -0.15) is 10.8 Å². The second-order valence-corrected chi connectivity index (χ2v) is 1.95. The number of allylic oxidation sites excluding steroid dienone is 3. The van der Waals surface area contributed by atoms with E-state index in [1.165, 1.54) is 13.1 Å². The maximum atomic E-state index is 12.0.